The van der Waals surface area contributed by atoms with Gasteiger partial charge in [-0.3, -0.25) is 0 Å². The lowest BCUT2D eigenvalue weighted by atomic mass is 9.78. The van der Waals surface area contributed by atoms with Crippen LogP contribution >= 0.6 is 0 Å². The van der Waals surface area contributed by atoms with Crippen LogP contribution in [0.1, 0.15) is 53.9 Å². The lowest BCUT2D eigenvalue weighted by molar-refractivity contribution is 0.308. The number of fused-ring (bicyclic) bond motifs is 2. The first-order valence-corrected chi connectivity index (χ1v) is 7.33. The van der Waals surface area contributed by atoms with Crippen LogP contribution < -0.4 is 0 Å². The van der Waals surface area contributed by atoms with E-state index in [1.54, 1.807) is 11.1 Å². The molecule has 0 amide bonds. The third kappa shape index (κ3) is 1.56. The topological polar surface area (TPSA) is 0 Å². The second-order valence-electron chi connectivity index (χ2n) is 7.60. The second kappa shape index (κ2) is 3.49. The van der Waals surface area contributed by atoms with Crippen molar-refractivity contribution in [2.45, 2.75) is 53.9 Å². The van der Waals surface area contributed by atoms with E-state index in [4.69, 9.17) is 0 Å². The zero-order chi connectivity index (χ0) is 12.4. The molecule has 3 aliphatic rings. The number of hydrogen-bond donors (Lipinski definition) is 0. The largest absolute Gasteiger partial charge is 0.0622 e. The van der Waals surface area contributed by atoms with Crippen molar-refractivity contribution in [2.24, 2.45) is 29.1 Å². The van der Waals surface area contributed by atoms with Crippen LogP contribution in [0.3, 0.4) is 0 Å². The summed E-state index contributed by atoms with van der Waals surface area (Å²) < 4.78 is 0. The molecular weight excluding hydrogens is 204 g/mol. The molecule has 17 heavy (non-hydrogen) atoms. The highest BCUT2D eigenvalue weighted by molar-refractivity contribution is 5.48. The van der Waals surface area contributed by atoms with Crippen LogP contribution in [0.25, 0.3) is 0 Å². The molecule has 4 atom stereocenters. The fraction of sp³-hybridized carbons (Fsp3) is 0.765. The second-order valence-corrected chi connectivity index (χ2v) is 7.60. The van der Waals surface area contributed by atoms with Gasteiger partial charge in [-0.05, 0) is 53.9 Å². The predicted molar refractivity (Wildman–Crippen MR) is 73.7 cm³/mol. The SMILES string of the molecule is CC1CCC2C3=C(C=C(C(C)(C)C)C3)C(C)C12. The van der Waals surface area contributed by atoms with Crippen molar-refractivity contribution in [3.05, 3.63) is 22.8 Å². The Morgan fingerprint density at radius 2 is 1.82 bits per heavy atom. The van der Waals surface area contributed by atoms with Gasteiger partial charge in [0.05, 0.1) is 0 Å². The Bertz CT molecular complexity index is 402. The zero-order valence-corrected chi connectivity index (χ0v) is 12.0. The maximum atomic E-state index is 2.56. The summed E-state index contributed by atoms with van der Waals surface area (Å²) in [5, 5.41) is 0. The highest BCUT2D eigenvalue weighted by Crippen LogP contribution is 2.58. The molecule has 0 aromatic carbocycles. The lowest BCUT2D eigenvalue weighted by Crippen LogP contribution is -2.18. The van der Waals surface area contributed by atoms with E-state index in [1.165, 1.54) is 19.3 Å². The Balaban J connectivity index is 1.91. The van der Waals surface area contributed by atoms with Gasteiger partial charge in [0.15, 0.2) is 0 Å². The third-order valence-electron chi connectivity index (χ3n) is 5.61. The van der Waals surface area contributed by atoms with Crippen LogP contribution in [-0.2, 0) is 0 Å². The van der Waals surface area contributed by atoms with Gasteiger partial charge < -0.3 is 0 Å². The summed E-state index contributed by atoms with van der Waals surface area (Å²) in [4.78, 5) is 0. The van der Waals surface area contributed by atoms with Crippen molar-refractivity contribution in [1.29, 1.82) is 0 Å². The summed E-state index contributed by atoms with van der Waals surface area (Å²) >= 11 is 0. The Morgan fingerprint density at radius 1 is 1.12 bits per heavy atom. The zero-order valence-electron chi connectivity index (χ0n) is 12.0. The molecule has 0 heterocycles. The van der Waals surface area contributed by atoms with E-state index in [0.29, 0.717) is 5.41 Å². The van der Waals surface area contributed by atoms with Gasteiger partial charge in [-0.1, -0.05) is 51.8 Å². The summed E-state index contributed by atoms with van der Waals surface area (Å²) in [7, 11) is 0. The molecule has 1 saturated carbocycles. The summed E-state index contributed by atoms with van der Waals surface area (Å²) in [6.07, 6.45) is 6.77. The van der Waals surface area contributed by atoms with Crippen LogP contribution in [-0.4, -0.2) is 0 Å². The molecule has 0 bridgehead atoms. The van der Waals surface area contributed by atoms with Crippen molar-refractivity contribution in [3.63, 3.8) is 0 Å². The Labute approximate surface area is 106 Å². The highest BCUT2D eigenvalue weighted by Gasteiger charge is 2.47. The maximum Gasteiger partial charge on any atom is -0.00911 e. The van der Waals surface area contributed by atoms with Crippen LogP contribution in [0.2, 0.25) is 0 Å². The average molecular weight is 230 g/mol. The van der Waals surface area contributed by atoms with E-state index in [9.17, 15) is 0 Å². The van der Waals surface area contributed by atoms with Crippen LogP contribution in [0, 0.1) is 29.1 Å². The summed E-state index contributed by atoms with van der Waals surface area (Å²) in [5.74, 6) is 3.68. The molecule has 4 unspecified atom stereocenters. The maximum absolute atomic E-state index is 2.56. The van der Waals surface area contributed by atoms with Crippen molar-refractivity contribution < 1.29 is 0 Å². The number of rotatable bonds is 0. The molecule has 3 aliphatic carbocycles. The van der Waals surface area contributed by atoms with Gasteiger partial charge in [0, 0.05) is 0 Å². The molecule has 0 saturated heterocycles. The van der Waals surface area contributed by atoms with Gasteiger partial charge in [0.1, 0.15) is 0 Å². The van der Waals surface area contributed by atoms with E-state index >= 15 is 0 Å². The fourth-order valence-electron chi connectivity index (χ4n) is 4.57. The summed E-state index contributed by atoms with van der Waals surface area (Å²) in [6.45, 7) is 12.0. The Hall–Kier alpha value is -0.520. The molecule has 0 heteroatoms. The minimum absolute atomic E-state index is 0.365. The van der Waals surface area contributed by atoms with Crippen molar-refractivity contribution in [1.82, 2.24) is 0 Å². The smallest absolute Gasteiger partial charge is 0.00911 e. The Morgan fingerprint density at radius 3 is 2.47 bits per heavy atom. The number of allylic oxidation sites excluding steroid dienone is 4. The van der Waals surface area contributed by atoms with Gasteiger partial charge in [-0.25, -0.2) is 0 Å². The van der Waals surface area contributed by atoms with Gasteiger partial charge in [-0.15, -0.1) is 0 Å². The van der Waals surface area contributed by atoms with E-state index in [-0.39, 0.29) is 0 Å². The molecular formula is C17H26. The number of hydrogen-bond acceptors (Lipinski definition) is 0. The van der Waals surface area contributed by atoms with Crippen LogP contribution in [0.4, 0.5) is 0 Å². The molecule has 0 N–H and O–H groups in total. The molecule has 0 radical (unpaired) electrons. The van der Waals surface area contributed by atoms with Crippen molar-refractivity contribution in [2.75, 3.05) is 0 Å². The summed E-state index contributed by atoms with van der Waals surface area (Å²) in [6, 6.07) is 0. The lowest BCUT2D eigenvalue weighted by Gasteiger charge is -2.26. The first-order chi connectivity index (χ1) is 7.89. The first kappa shape index (κ1) is 11.6. The van der Waals surface area contributed by atoms with Gasteiger partial charge in [-0.2, -0.15) is 0 Å². The minimum Gasteiger partial charge on any atom is -0.0622 e. The molecule has 0 aromatic heterocycles. The van der Waals surface area contributed by atoms with Crippen molar-refractivity contribution in [3.8, 4) is 0 Å². The molecule has 0 aromatic rings. The predicted octanol–water partition coefficient (Wildman–Crippen LogP) is 4.97. The minimum atomic E-state index is 0.365. The van der Waals surface area contributed by atoms with Crippen molar-refractivity contribution >= 4 is 0 Å². The molecule has 0 nitrogen and oxygen atoms in total. The standard InChI is InChI=1S/C17H26/c1-10-6-7-13-15-9-12(17(3,4)5)8-14(15)11(2)16(10)13/h8,10-11,13,16H,6-7,9H2,1-5H3. The van der Waals surface area contributed by atoms with E-state index in [2.05, 4.69) is 40.7 Å². The molecule has 0 aliphatic heterocycles. The Kier molecular flexibility index (Phi) is 2.38. The van der Waals surface area contributed by atoms with E-state index in [1.807, 2.05) is 5.57 Å². The third-order valence-corrected chi connectivity index (χ3v) is 5.61. The average Bonchev–Trinajstić information content (AvgIpc) is 2.82. The van der Waals surface area contributed by atoms with E-state index < -0.39 is 0 Å². The fourth-order valence-corrected chi connectivity index (χ4v) is 4.57. The molecule has 94 valence electrons. The van der Waals surface area contributed by atoms with Gasteiger partial charge >= 0.3 is 0 Å². The van der Waals surface area contributed by atoms with Gasteiger partial charge in [0.2, 0.25) is 0 Å². The van der Waals surface area contributed by atoms with Gasteiger partial charge in [0.25, 0.3) is 0 Å². The highest BCUT2D eigenvalue weighted by atomic mass is 14.5. The summed E-state index contributed by atoms with van der Waals surface area (Å²) in [5.41, 5.74) is 5.60. The molecule has 3 rings (SSSR count). The van der Waals surface area contributed by atoms with Crippen LogP contribution in [0.15, 0.2) is 22.8 Å². The first-order valence-electron chi connectivity index (χ1n) is 7.33. The van der Waals surface area contributed by atoms with E-state index in [0.717, 1.165) is 23.7 Å². The quantitative estimate of drug-likeness (QED) is 0.551. The molecule has 1 fully saturated rings. The normalized spacial score (nSPS) is 40.6. The monoisotopic (exact) mass is 230 g/mol. The van der Waals surface area contributed by atoms with Crippen LogP contribution in [0.5, 0.6) is 0 Å². The molecule has 0 spiro atoms.